The average molecular weight is 413 g/mol. The molecule has 8 heteroatoms. The molecular formula is C20H18Cl2N6. The van der Waals surface area contributed by atoms with Crippen molar-refractivity contribution in [1.29, 1.82) is 0 Å². The van der Waals surface area contributed by atoms with E-state index >= 15 is 0 Å². The summed E-state index contributed by atoms with van der Waals surface area (Å²) in [6.07, 6.45) is 2.52. The minimum atomic E-state index is 0.506. The molecule has 0 radical (unpaired) electrons. The molecule has 1 fully saturated rings. The lowest BCUT2D eigenvalue weighted by Gasteiger charge is -2.11. The van der Waals surface area contributed by atoms with Crippen LogP contribution in [-0.4, -0.2) is 43.4 Å². The number of hydrogen-bond donors (Lipinski definition) is 2. The normalized spacial score (nSPS) is 14.9. The molecule has 1 aliphatic heterocycles. The number of fused-ring (bicyclic) bond motifs is 1. The molecule has 142 valence electrons. The van der Waals surface area contributed by atoms with Crippen molar-refractivity contribution >= 4 is 34.1 Å². The predicted octanol–water partition coefficient (Wildman–Crippen LogP) is 4.92. The number of nitrogens with one attached hydrogen (secondary N) is 2. The van der Waals surface area contributed by atoms with Gasteiger partial charge in [-0.25, -0.2) is 4.98 Å². The van der Waals surface area contributed by atoms with Crippen molar-refractivity contribution in [1.82, 2.24) is 30.3 Å². The van der Waals surface area contributed by atoms with Gasteiger partial charge in [-0.15, -0.1) is 0 Å². The number of nitrogens with zero attached hydrogens (tertiary/aromatic N) is 4. The first-order valence-corrected chi connectivity index (χ1v) is 10.0. The first-order valence-electron chi connectivity index (χ1n) is 9.25. The van der Waals surface area contributed by atoms with Gasteiger partial charge in [0.25, 0.3) is 0 Å². The first-order chi connectivity index (χ1) is 13.7. The van der Waals surface area contributed by atoms with Crippen molar-refractivity contribution in [2.45, 2.75) is 19.4 Å². The Bertz CT molecular complexity index is 1140. The van der Waals surface area contributed by atoms with Gasteiger partial charge >= 0.3 is 0 Å². The van der Waals surface area contributed by atoms with Gasteiger partial charge in [0.1, 0.15) is 5.82 Å². The Morgan fingerprint density at radius 3 is 2.54 bits per heavy atom. The Balaban J connectivity index is 1.49. The van der Waals surface area contributed by atoms with Crippen LogP contribution in [0.25, 0.3) is 33.5 Å². The molecule has 2 N–H and O–H groups in total. The summed E-state index contributed by atoms with van der Waals surface area (Å²) in [5, 5.41) is 17.0. The molecule has 0 atom stereocenters. The van der Waals surface area contributed by atoms with Crippen LogP contribution in [-0.2, 0) is 6.54 Å². The number of H-pyrrole nitrogens is 2. The minimum Gasteiger partial charge on any atom is -0.296 e. The molecule has 2 aromatic heterocycles. The average Bonchev–Trinajstić information content (AvgIpc) is 3.45. The maximum absolute atomic E-state index is 6.18. The van der Waals surface area contributed by atoms with E-state index in [2.05, 4.69) is 36.3 Å². The van der Waals surface area contributed by atoms with Crippen LogP contribution in [0.4, 0.5) is 0 Å². The highest BCUT2D eigenvalue weighted by Crippen LogP contribution is 2.33. The van der Waals surface area contributed by atoms with E-state index in [0.29, 0.717) is 15.9 Å². The topological polar surface area (TPSA) is 73.5 Å². The number of likely N-dealkylation sites (tertiary alicyclic amines) is 1. The Morgan fingerprint density at radius 2 is 1.71 bits per heavy atom. The molecule has 1 aliphatic rings. The quantitative estimate of drug-likeness (QED) is 0.498. The molecule has 2 aromatic carbocycles. The van der Waals surface area contributed by atoms with Crippen LogP contribution < -0.4 is 0 Å². The van der Waals surface area contributed by atoms with E-state index in [1.165, 1.54) is 12.8 Å². The molecule has 28 heavy (non-hydrogen) atoms. The van der Waals surface area contributed by atoms with E-state index in [-0.39, 0.29) is 0 Å². The number of aromatic amines is 2. The van der Waals surface area contributed by atoms with Crippen LogP contribution in [0, 0.1) is 0 Å². The second-order valence-corrected chi connectivity index (χ2v) is 7.86. The molecule has 4 aromatic rings. The van der Waals surface area contributed by atoms with Crippen LogP contribution in [0.2, 0.25) is 10.0 Å². The molecule has 1 saturated heterocycles. The molecule has 0 spiro atoms. The van der Waals surface area contributed by atoms with Gasteiger partial charge in [0.15, 0.2) is 5.82 Å². The molecule has 0 amide bonds. The summed E-state index contributed by atoms with van der Waals surface area (Å²) in [6.45, 7) is 3.07. The van der Waals surface area contributed by atoms with Gasteiger partial charge in [0, 0.05) is 16.5 Å². The number of hydrogen-bond acceptors (Lipinski definition) is 4. The molecule has 5 rings (SSSR count). The molecular weight excluding hydrogens is 395 g/mol. The van der Waals surface area contributed by atoms with Crippen molar-refractivity contribution in [3.8, 4) is 22.6 Å². The molecule has 0 aliphatic carbocycles. The van der Waals surface area contributed by atoms with Gasteiger partial charge in [-0.3, -0.25) is 15.1 Å². The SMILES string of the molecule is Clc1ccc(-c2n[nH]c3ccc(-c4n[nH]c(CN5CCCC5)n4)cc23)cc1Cl. The van der Waals surface area contributed by atoms with Crippen molar-refractivity contribution < 1.29 is 0 Å². The van der Waals surface area contributed by atoms with Gasteiger partial charge in [-0.2, -0.15) is 10.2 Å². The van der Waals surface area contributed by atoms with E-state index in [0.717, 1.165) is 53.2 Å². The maximum Gasteiger partial charge on any atom is 0.181 e. The van der Waals surface area contributed by atoms with E-state index in [9.17, 15) is 0 Å². The zero-order valence-electron chi connectivity index (χ0n) is 15.0. The number of benzene rings is 2. The van der Waals surface area contributed by atoms with Gasteiger partial charge in [0.2, 0.25) is 0 Å². The van der Waals surface area contributed by atoms with Crippen LogP contribution >= 0.6 is 23.2 Å². The standard InChI is InChI=1S/C20H18Cl2N6/c21-15-5-3-12(10-16(15)22)19-14-9-13(4-6-17(14)24-26-19)20-23-18(25-27-20)11-28-7-1-2-8-28/h3-6,9-10H,1-2,7-8,11H2,(H,24,26)(H,23,25,27). The lowest BCUT2D eigenvalue weighted by Crippen LogP contribution is -2.19. The number of halogens is 2. The lowest BCUT2D eigenvalue weighted by molar-refractivity contribution is 0.323. The largest absolute Gasteiger partial charge is 0.296 e. The molecule has 6 nitrogen and oxygen atoms in total. The van der Waals surface area contributed by atoms with Crippen LogP contribution in [0.1, 0.15) is 18.7 Å². The van der Waals surface area contributed by atoms with E-state index in [1.54, 1.807) is 6.07 Å². The summed E-state index contributed by atoms with van der Waals surface area (Å²) in [5.74, 6) is 1.59. The van der Waals surface area contributed by atoms with Crippen LogP contribution in [0.15, 0.2) is 36.4 Å². The highest BCUT2D eigenvalue weighted by molar-refractivity contribution is 6.42. The fourth-order valence-corrected chi connectivity index (χ4v) is 3.96. The lowest BCUT2D eigenvalue weighted by atomic mass is 10.1. The predicted molar refractivity (Wildman–Crippen MR) is 111 cm³/mol. The van der Waals surface area contributed by atoms with Gasteiger partial charge in [0.05, 0.1) is 27.8 Å². The van der Waals surface area contributed by atoms with E-state index < -0.39 is 0 Å². The molecule has 0 unspecified atom stereocenters. The van der Waals surface area contributed by atoms with E-state index in [1.807, 2.05) is 24.3 Å². The smallest absolute Gasteiger partial charge is 0.181 e. The molecule has 0 bridgehead atoms. The van der Waals surface area contributed by atoms with Crippen LogP contribution in [0.3, 0.4) is 0 Å². The molecule has 3 heterocycles. The highest BCUT2D eigenvalue weighted by atomic mass is 35.5. The van der Waals surface area contributed by atoms with Crippen molar-refractivity contribution in [3.05, 3.63) is 52.3 Å². The summed E-state index contributed by atoms with van der Waals surface area (Å²) >= 11 is 12.2. The van der Waals surface area contributed by atoms with Gasteiger partial charge in [-0.05, 0) is 56.3 Å². The first kappa shape index (κ1) is 17.7. The summed E-state index contributed by atoms with van der Waals surface area (Å²) < 4.78 is 0. The number of aromatic nitrogens is 5. The minimum absolute atomic E-state index is 0.506. The summed E-state index contributed by atoms with van der Waals surface area (Å²) in [4.78, 5) is 7.08. The molecule has 0 saturated carbocycles. The third-order valence-electron chi connectivity index (χ3n) is 5.12. The zero-order valence-corrected chi connectivity index (χ0v) is 16.6. The fourth-order valence-electron chi connectivity index (χ4n) is 3.66. The third-order valence-corrected chi connectivity index (χ3v) is 5.86. The van der Waals surface area contributed by atoms with E-state index in [4.69, 9.17) is 23.2 Å². The highest BCUT2D eigenvalue weighted by Gasteiger charge is 2.16. The van der Waals surface area contributed by atoms with Gasteiger partial charge < -0.3 is 0 Å². The summed E-state index contributed by atoms with van der Waals surface area (Å²) in [5.41, 5.74) is 3.61. The second kappa shape index (κ2) is 7.20. The van der Waals surface area contributed by atoms with Crippen molar-refractivity contribution in [2.24, 2.45) is 0 Å². The summed E-state index contributed by atoms with van der Waals surface area (Å²) in [7, 11) is 0. The maximum atomic E-state index is 6.18. The number of rotatable bonds is 4. The van der Waals surface area contributed by atoms with Crippen LogP contribution in [0.5, 0.6) is 0 Å². The zero-order chi connectivity index (χ0) is 19.1. The Morgan fingerprint density at radius 1 is 0.893 bits per heavy atom. The van der Waals surface area contributed by atoms with Crippen molar-refractivity contribution in [3.63, 3.8) is 0 Å². The summed E-state index contributed by atoms with van der Waals surface area (Å²) in [6, 6.07) is 11.6. The second-order valence-electron chi connectivity index (χ2n) is 7.05. The third kappa shape index (κ3) is 3.28. The Hall–Kier alpha value is -2.41. The Kier molecular flexibility index (Phi) is 4.55. The van der Waals surface area contributed by atoms with Gasteiger partial charge in [-0.1, -0.05) is 29.3 Å². The monoisotopic (exact) mass is 412 g/mol. The van der Waals surface area contributed by atoms with Crippen molar-refractivity contribution in [2.75, 3.05) is 13.1 Å². The fraction of sp³-hybridized carbons (Fsp3) is 0.250. The Labute approximate surface area is 171 Å².